The average Bonchev–Trinajstić information content (AvgIpc) is 3.09. The van der Waals surface area contributed by atoms with Crippen LogP contribution in [0.4, 0.5) is 0 Å². The number of aryl methyl sites for hydroxylation is 1. The van der Waals surface area contributed by atoms with E-state index in [1.54, 1.807) is 0 Å². The van der Waals surface area contributed by atoms with Crippen molar-refractivity contribution in [3.05, 3.63) is 106 Å². The van der Waals surface area contributed by atoms with Gasteiger partial charge in [0.25, 0.3) is 0 Å². The van der Waals surface area contributed by atoms with Gasteiger partial charge in [-0.2, -0.15) is 0 Å². The topological polar surface area (TPSA) is 23.6 Å². The molecule has 1 fully saturated rings. The number of nitrogens with zero attached hydrogens (tertiary/aromatic N) is 2. The van der Waals surface area contributed by atoms with E-state index in [0.29, 0.717) is 18.1 Å². The lowest BCUT2D eigenvalue weighted by molar-refractivity contribution is 0.0925. The summed E-state index contributed by atoms with van der Waals surface area (Å²) in [5, 5.41) is 0. The summed E-state index contributed by atoms with van der Waals surface area (Å²) < 4.78 is 0. The number of hydrogen-bond acceptors (Lipinski definition) is 3. The first-order valence-corrected chi connectivity index (χ1v) is 13.3. The summed E-state index contributed by atoms with van der Waals surface area (Å²) >= 11 is 0. The third kappa shape index (κ3) is 6.48. The smallest absolute Gasteiger partial charge is 0.163 e. The molecule has 1 saturated heterocycles. The highest BCUT2D eigenvalue weighted by atomic mass is 16.1. The molecule has 0 atom stereocenters. The van der Waals surface area contributed by atoms with Crippen LogP contribution in [0.1, 0.15) is 57.4 Å². The Bertz CT molecular complexity index is 1110. The molecular formula is C32H38N2O. The molecule has 0 radical (unpaired) electrons. The molecule has 0 N–H and O–H groups in total. The second-order valence-corrected chi connectivity index (χ2v) is 10.6. The predicted molar refractivity (Wildman–Crippen MR) is 144 cm³/mol. The van der Waals surface area contributed by atoms with Gasteiger partial charge in [-0.25, -0.2) is 0 Å². The van der Waals surface area contributed by atoms with Crippen molar-refractivity contribution in [3.8, 4) is 0 Å². The van der Waals surface area contributed by atoms with Crippen LogP contribution in [0.5, 0.6) is 0 Å². The fourth-order valence-corrected chi connectivity index (χ4v) is 5.63. The Morgan fingerprint density at radius 3 is 2.09 bits per heavy atom. The number of likely N-dealkylation sites (tertiary alicyclic amines) is 1. The molecule has 0 bridgehead atoms. The molecular weight excluding hydrogens is 428 g/mol. The summed E-state index contributed by atoms with van der Waals surface area (Å²) in [4.78, 5) is 18.3. The molecule has 2 aliphatic rings. The van der Waals surface area contributed by atoms with E-state index in [9.17, 15) is 4.79 Å². The van der Waals surface area contributed by atoms with E-state index in [2.05, 4.69) is 89.5 Å². The van der Waals surface area contributed by atoms with Crippen LogP contribution in [-0.2, 0) is 25.9 Å². The molecule has 2 heterocycles. The van der Waals surface area contributed by atoms with Gasteiger partial charge >= 0.3 is 0 Å². The highest BCUT2D eigenvalue weighted by molar-refractivity contribution is 5.96. The maximum absolute atomic E-state index is 13.2. The normalized spacial score (nSPS) is 17.6. The van der Waals surface area contributed by atoms with Crippen molar-refractivity contribution in [3.63, 3.8) is 0 Å². The molecule has 0 aliphatic carbocycles. The largest absolute Gasteiger partial charge is 0.299 e. The van der Waals surface area contributed by atoms with Crippen LogP contribution in [-0.4, -0.2) is 41.8 Å². The molecule has 3 aromatic carbocycles. The minimum absolute atomic E-state index is 0.329. The van der Waals surface area contributed by atoms with Crippen LogP contribution in [0.25, 0.3) is 0 Å². The van der Waals surface area contributed by atoms with E-state index < -0.39 is 0 Å². The van der Waals surface area contributed by atoms with Crippen molar-refractivity contribution in [1.82, 2.24) is 9.80 Å². The lowest BCUT2D eigenvalue weighted by atomic mass is 9.88. The number of carbonyl (C=O) groups excluding carboxylic acids is 1. The van der Waals surface area contributed by atoms with Crippen LogP contribution < -0.4 is 0 Å². The van der Waals surface area contributed by atoms with Crippen LogP contribution >= 0.6 is 0 Å². The van der Waals surface area contributed by atoms with E-state index in [0.717, 1.165) is 70.5 Å². The molecule has 0 amide bonds. The quantitative estimate of drug-likeness (QED) is 0.394. The molecule has 0 unspecified atom stereocenters. The first kappa shape index (κ1) is 24.0. The fraction of sp³-hybridized carbons (Fsp3) is 0.406. The van der Waals surface area contributed by atoms with Gasteiger partial charge in [0.1, 0.15) is 0 Å². The maximum atomic E-state index is 13.2. The van der Waals surface area contributed by atoms with Crippen molar-refractivity contribution >= 4 is 5.78 Å². The second-order valence-electron chi connectivity index (χ2n) is 10.6. The minimum Gasteiger partial charge on any atom is -0.299 e. The van der Waals surface area contributed by atoms with Crippen LogP contribution in [0.3, 0.4) is 0 Å². The molecule has 2 aliphatic heterocycles. The van der Waals surface area contributed by atoms with Gasteiger partial charge in [-0.1, -0.05) is 72.3 Å². The van der Waals surface area contributed by atoms with E-state index in [4.69, 9.17) is 0 Å². The van der Waals surface area contributed by atoms with Crippen molar-refractivity contribution in [2.75, 3.05) is 26.2 Å². The first-order valence-electron chi connectivity index (χ1n) is 13.3. The molecule has 5 rings (SSSR count). The standard InChI is InChI=1S/C32H38N2O/c1-25-7-9-28(10-8-25)24-33-17-13-26(14-18-33)21-32(35)31-12-11-29-15-19-34(20-16-30(29)22-31)23-27-5-3-2-4-6-27/h2-12,22,26H,13-21,23-24H2,1H3. The Kier molecular flexibility index (Phi) is 7.75. The summed E-state index contributed by atoms with van der Waals surface area (Å²) in [7, 11) is 0. The van der Waals surface area contributed by atoms with Crippen LogP contribution in [0.2, 0.25) is 0 Å². The Morgan fingerprint density at radius 2 is 1.37 bits per heavy atom. The zero-order valence-corrected chi connectivity index (χ0v) is 21.1. The second kappa shape index (κ2) is 11.3. The van der Waals surface area contributed by atoms with E-state index in [1.807, 2.05) is 0 Å². The Hall–Kier alpha value is -2.75. The van der Waals surface area contributed by atoms with Gasteiger partial charge < -0.3 is 0 Å². The number of piperidine rings is 1. The number of rotatable bonds is 7. The number of benzene rings is 3. The van der Waals surface area contributed by atoms with Crippen molar-refractivity contribution in [1.29, 1.82) is 0 Å². The lowest BCUT2D eigenvalue weighted by Gasteiger charge is -2.31. The monoisotopic (exact) mass is 466 g/mol. The van der Waals surface area contributed by atoms with E-state index >= 15 is 0 Å². The zero-order valence-electron chi connectivity index (χ0n) is 21.1. The number of fused-ring (bicyclic) bond motifs is 1. The van der Waals surface area contributed by atoms with Gasteiger partial charge in [-0.3, -0.25) is 14.6 Å². The molecule has 3 aromatic rings. The Labute approximate surface area is 210 Å². The number of Topliss-reactive ketones (excluding diaryl/α,β-unsaturated/α-hetero) is 1. The van der Waals surface area contributed by atoms with Crippen molar-refractivity contribution in [2.24, 2.45) is 5.92 Å². The molecule has 182 valence electrons. The first-order chi connectivity index (χ1) is 17.1. The molecule has 0 spiro atoms. The molecule has 0 saturated carbocycles. The van der Waals surface area contributed by atoms with Gasteiger partial charge in [-0.05, 0) is 79.9 Å². The number of carbonyl (C=O) groups is 1. The summed E-state index contributed by atoms with van der Waals surface area (Å²) in [5.41, 5.74) is 7.79. The van der Waals surface area contributed by atoms with Gasteiger partial charge in [0.05, 0.1) is 0 Å². The Balaban J connectivity index is 1.12. The lowest BCUT2D eigenvalue weighted by Crippen LogP contribution is -2.33. The molecule has 35 heavy (non-hydrogen) atoms. The van der Waals surface area contributed by atoms with Gasteiger partial charge in [-0.15, -0.1) is 0 Å². The highest BCUT2D eigenvalue weighted by Crippen LogP contribution is 2.25. The molecule has 3 nitrogen and oxygen atoms in total. The Morgan fingerprint density at radius 1 is 0.743 bits per heavy atom. The average molecular weight is 467 g/mol. The van der Waals surface area contributed by atoms with Crippen molar-refractivity contribution in [2.45, 2.75) is 52.1 Å². The number of hydrogen-bond donors (Lipinski definition) is 0. The van der Waals surface area contributed by atoms with Crippen molar-refractivity contribution < 1.29 is 4.79 Å². The summed E-state index contributed by atoms with van der Waals surface area (Å²) in [5.74, 6) is 0.840. The SMILES string of the molecule is Cc1ccc(CN2CCC(CC(=O)c3ccc4c(c3)CCN(Cc3ccccc3)CC4)CC2)cc1. The maximum Gasteiger partial charge on any atom is 0.163 e. The van der Waals surface area contributed by atoms with Gasteiger partial charge in [0.15, 0.2) is 5.78 Å². The molecule has 0 aromatic heterocycles. The predicted octanol–water partition coefficient (Wildman–Crippen LogP) is 6.08. The van der Waals surface area contributed by atoms with Crippen LogP contribution in [0, 0.1) is 12.8 Å². The summed E-state index contributed by atoms with van der Waals surface area (Å²) in [6, 6.07) is 26.1. The third-order valence-corrected chi connectivity index (χ3v) is 7.88. The van der Waals surface area contributed by atoms with Gasteiger partial charge in [0.2, 0.25) is 0 Å². The number of ketones is 1. The van der Waals surface area contributed by atoms with E-state index in [-0.39, 0.29) is 0 Å². The fourth-order valence-electron chi connectivity index (χ4n) is 5.63. The minimum atomic E-state index is 0.329. The third-order valence-electron chi connectivity index (χ3n) is 7.88. The van der Waals surface area contributed by atoms with Crippen LogP contribution in [0.15, 0.2) is 72.8 Å². The highest BCUT2D eigenvalue weighted by Gasteiger charge is 2.23. The molecule has 3 heteroatoms. The zero-order chi connectivity index (χ0) is 24.0. The van der Waals surface area contributed by atoms with E-state index in [1.165, 1.54) is 27.8 Å². The summed E-state index contributed by atoms with van der Waals surface area (Å²) in [6.45, 7) is 8.48. The summed E-state index contributed by atoms with van der Waals surface area (Å²) in [6.07, 6.45) is 5.03. The van der Waals surface area contributed by atoms with Gasteiger partial charge in [0, 0.05) is 38.2 Å².